The Kier molecular flexibility index (Phi) is 3.70. The largest absolute Gasteiger partial charge is 0.293 e. The van der Waals surface area contributed by atoms with Gasteiger partial charge in [-0.2, -0.15) is 0 Å². The molecular weight excluding hydrogens is 430 g/mol. The van der Waals surface area contributed by atoms with Crippen LogP contribution in [0.3, 0.4) is 0 Å². The first-order valence-corrected chi connectivity index (χ1v) is 10.1. The summed E-state index contributed by atoms with van der Waals surface area (Å²) >= 11 is 8.32. The normalized spacial score (nSPS) is 26.6. The van der Waals surface area contributed by atoms with E-state index in [9.17, 15) is 9.59 Å². The Labute approximate surface area is 149 Å². The van der Waals surface area contributed by atoms with Gasteiger partial charge in [-0.3, -0.25) is 9.59 Å². The molecule has 2 heterocycles. The van der Waals surface area contributed by atoms with E-state index in [-0.39, 0.29) is 17.5 Å². The summed E-state index contributed by atoms with van der Waals surface area (Å²) in [5.74, 6) is 0.202. The standard InChI is InChI=1S/C16H15Br2NO2S/c17-16(18)7-6-9-11-12(20)8-4-2-1-3-5-10(8)19-15(11)22-13(9)14(16)21/h8H,1-7H2. The van der Waals surface area contributed by atoms with Crippen molar-refractivity contribution in [2.24, 2.45) is 10.9 Å². The fourth-order valence-electron chi connectivity index (χ4n) is 3.66. The van der Waals surface area contributed by atoms with Gasteiger partial charge in [0.05, 0.1) is 16.4 Å². The quantitative estimate of drug-likeness (QED) is 0.515. The lowest BCUT2D eigenvalue weighted by Gasteiger charge is -2.25. The van der Waals surface area contributed by atoms with Crippen molar-refractivity contribution < 1.29 is 9.59 Å². The Balaban J connectivity index is 1.85. The van der Waals surface area contributed by atoms with Crippen LogP contribution in [0.25, 0.3) is 0 Å². The first-order valence-electron chi connectivity index (χ1n) is 7.69. The SMILES string of the molecule is O=C1c2c(sc3c2CCC(Br)(Br)C3=O)N=C2CCCCCC12. The highest BCUT2D eigenvalue weighted by Gasteiger charge is 2.44. The molecule has 1 aliphatic heterocycles. The zero-order chi connectivity index (χ0) is 15.5. The van der Waals surface area contributed by atoms with Gasteiger partial charge in [0, 0.05) is 5.71 Å². The van der Waals surface area contributed by atoms with E-state index in [0.29, 0.717) is 11.3 Å². The third kappa shape index (κ3) is 2.21. The van der Waals surface area contributed by atoms with Gasteiger partial charge >= 0.3 is 0 Å². The van der Waals surface area contributed by atoms with Gasteiger partial charge in [0.15, 0.2) is 11.6 Å². The Hall–Kier alpha value is -0.330. The second-order valence-corrected chi connectivity index (χ2v) is 11.0. The van der Waals surface area contributed by atoms with Crippen molar-refractivity contribution in [3.05, 3.63) is 16.0 Å². The number of ketones is 2. The molecule has 0 saturated heterocycles. The molecule has 1 aromatic rings. The number of thiophene rings is 1. The van der Waals surface area contributed by atoms with E-state index < -0.39 is 3.23 Å². The van der Waals surface area contributed by atoms with Crippen LogP contribution in [-0.2, 0) is 6.42 Å². The summed E-state index contributed by atoms with van der Waals surface area (Å²) in [6.45, 7) is 0. The van der Waals surface area contributed by atoms with E-state index in [1.165, 1.54) is 17.8 Å². The number of Topliss-reactive ketones (excluding diaryl/α,β-unsaturated/α-hetero) is 2. The topological polar surface area (TPSA) is 46.5 Å². The first-order chi connectivity index (χ1) is 10.5. The number of hydrogen-bond donors (Lipinski definition) is 0. The molecule has 3 nitrogen and oxygen atoms in total. The monoisotopic (exact) mass is 443 g/mol. The summed E-state index contributed by atoms with van der Waals surface area (Å²) in [5.41, 5.74) is 2.74. The van der Waals surface area contributed by atoms with Crippen LogP contribution in [0.15, 0.2) is 4.99 Å². The highest BCUT2D eigenvalue weighted by molar-refractivity contribution is 9.26. The van der Waals surface area contributed by atoms with Crippen molar-refractivity contribution in [1.82, 2.24) is 0 Å². The summed E-state index contributed by atoms with van der Waals surface area (Å²) in [5, 5.41) is 0.772. The van der Waals surface area contributed by atoms with E-state index in [4.69, 9.17) is 4.99 Å². The number of carbonyl (C=O) groups excluding carboxylic acids is 2. The second-order valence-electron chi connectivity index (χ2n) is 6.24. The van der Waals surface area contributed by atoms with E-state index in [0.717, 1.165) is 53.9 Å². The minimum absolute atomic E-state index is 0.0290. The maximum Gasteiger partial charge on any atom is 0.200 e. The average molecular weight is 445 g/mol. The van der Waals surface area contributed by atoms with E-state index in [2.05, 4.69) is 31.9 Å². The number of rotatable bonds is 0. The van der Waals surface area contributed by atoms with Crippen molar-refractivity contribution in [1.29, 1.82) is 0 Å². The molecule has 0 bridgehead atoms. The van der Waals surface area contributed by atoms with Gasteiger partial charge in [0.2, 0.25) is 0 Å². The summed E-state index contributed by atoms with van der Waals surface area (Å²) < 4.78 is -0.680. The molecule has 0 aromatic carbocycles. The van der Waals surface area contributed by atoms with E-state index in [1.54, 1.807) is 0 Å². The molecule has 1 saturated carbocycles. The molecule has 22 heavy (non-hydrogen) atoms. The molecule has 1 atom stereocenters. The van der Waals surface area contributed by atoms with Gasteiger partial charge in [0.1, 0.15) is 8.23 Å². The number of alkyl halides is 2. The van der Waals surface area contributed by atoms with Crippen LogP contribution in [0, 0.1) is 5.92 Å². The Morgan fingerprint density at radius 1 is 1.14 bits per heavy atom. The summed E-state index contributed by atoms with van der Waals surface area (Å²) in [4.78, 5) is 31.1. The minimum atomic E-state index is -0.680. The smallest absolute Gasteiger partial charge is 0.200 e. The average Bonchev–Trinajstić information content (AvgIpc) is 2.67. The number of hydrogen-bond acceptors (Lipinski definition) is 4. The lowest BCUT2D eigenvalue weighted by molar-refractivity contribution is 0.0947. The van der Waals surface area contributed by atoms with E-state index in [1.807, 2.05) is 0 Å². The molecular formula is C16H15Br2NO2S. The highest BCUT2D eigenvalue weighted by Crippen LogP contribution is 2.49. The molecule has 6 heteroatoms. The maximum absolute atomic E-state index is 13.0. The molecule has 3 aliphatic rings. The fourth-order valence-corrected chi connectivity index (χ4v) is 5.99. The Bertz CT molecular complexity index is 720. The van der Waals surface area contributed by atoms with Crippen molar-refractivity contribution >= 4 is 65.5 Å². The Morgan fingerprint density at radius 3 is 2.77 bits per heavy atom. The number of carbonyl (C=O) groups is 2. The van der Waals surface area contributed by atoms with Gasteiger partial charge in [-0.25, -0.2) is 4.99 Å². The lowest BCUT2D eigenvalue weighted by atomic mass is 9.84. The van der Waals surface area contributed by atoms with Gasteiger partial charge < -0.3 is 0 Å². The number of nitrogens with zero attached hydrogens (tertiary/aromatic N) is 1. The first kappa shape index (κ1) is 15.2. The molecule has 0 radical (unpaired) electrons. The summed E-state index contributed by atoms with van der Waals surface area (Å²) in [7, 11) is 0. The predicted octanol–water partition coefficient (Wildman–Crippen LogP) is 5.21. The summed E-state index contributed by atoms with van der Waals surface area (Å²) in [6.07, 6.45) is 6.64. The predicted molar refractivity (Wildman–Crippen MR) is 95.6 cm³/mol. The van der Waals surface area contributed by atoms with Crippen LogP contribution in [-0.4, -0.2) is 20.5 Å². The molecule has 4 rings (SSSR count). The zero-order valence-corrected chi connectivity index (χ0v) is 15.9. The fraction of sp³-hybridized carbons (Fsp3) is 0.562. The molecule has 1 aromatic heterocycles. The van der Waals surface area contributed by atoms with Crippen molar-refractivity contribution in [3.63, 3.8) is 0 Å². The van der Waals surface area contributed by atoms with Crippen LogP contribution in [0.4, 0.5) is 5.00 Å². The third-order valence-corrected chi connectivity index (χ3v) is 7.49. The van der Waals surface area contributed by atoms with Crippen LogP contribution in [0.2, 0.25) is 0 Å². The minimum Gasteiger partial charge on any atom is -0.293 e. The van der Waals surface area contributed by atoms with Gasteiger partial charge in [-0.15, -0.1) is 11.3 Å². The van der Waals surface area contributed by atoms with Crippen molar-refractivity contribution in [2.75, 3.05) is 0 Å². The van der Waals surface area contributed by atoms with Crippen molar-refractivity contribution in [2.45, 2.75) is 48.2 Å². The second kappa shape index (κ2) is 5.35. The molecule has 116 valence electrons. The zero-order valence-electron chi connectivity index (χ0n) is 12.0. The molecule has 0 spiro atoms. The van der Waals surface area contributed by atoms with Gasteiger partial charge in [0.25, 0.3) is 0 Å². The molecule has 1 unspecified atom stereocenters. The van der Waals surface area contributed by atoms with Gasteiger partial charge in [-0.1, -0.05) is 44.7 Å². The van der Waals surface area contributed by atoms with E-state index >= 15 is 0 Å². The molecule has 2 aliphatic carbocycles. The van der Waals surface area contributed by atoms with Crippen LogP contribution < -0.4 is 0 Å². The van der Waals surface area contributed by atoms with Crippen LogP contribution in [0.1, 0.15) is 64.1 Å². The molecule has 0 amide bonds. The number of aliphatic imine (C=N–C) groups is 1. The van der Waals surface area contributed by atoms with Crippen LogP contribution in [0.5, 0.6) is 0 Å². The summed E-state index contributed by atoms with van der Waals surface area (Å²) in [6, 6.07) is 0. The molecule has 0 N–H and O–H groups in total. The highest BCUT2D eigenvalue weighted by atomic mass is 79.9. The number of halogens is 2. The Morgan fingerprint density at radius 2 is 1.95 bits per heavy atom. The maximum atomic E-state index is 13.0. The third-order valence-electron chi connectivity index (χ3n) is 4.85. The lowest BCUT2D eigenvalue weighted by Crippen LogP contribution is -2.31. The van der Waals surface area contributed by atoms with Crippen molar-refractivity contribution in [3.8, 4) is 0 Å². The van der Waals surface area contributed by atoms with Gasteiger partial charge in [-0.05, 0) is 37.7 Å². The van der Waals surface area contributed by atoms with Crippen LogP contribution >= 0.6 is 43.2 Å². The number of fused-ring (bicyclic) bond motifs is 4. The molecule has 1 fully saturated rings.